The molecule has 0 saturated carbocycles. The lowest BCUT2D eigenvalue weighted by Gasteiger charge is -2.19. The van der Waals surface area contributed by atoms with Crippen LogP contribution in [0.25, 0.3) is 0 Å². The van der Waals surface area contributed by atoms with Crippen LogP contribution in [0.15, 0.2) is 23.3 Å². The fourth-order valence-corrected chi connectivity index (χ4v) is 2.02. The number of carbonyl (C=O) groups is 2. The van der Waals surface area contributed by atoms with Gasteiger partial charge in [0.1, 0.15) is 11.7 Å². The number of nitrogens with zero attached hydrogens (tertiary/aromatic N) is 2. The average molecular weight is 306 g/mol. The van der Waals surface area contributed by atoms with Crippen LogP contribution in [0.1, 0.15) is 18.4 Å². The second-order valence-electron chi connectivity index (χ2n) is 4.72. The normalized spacial score (nSPS) is 18.0. The maximum absolute atomic E-state index is 11.8. The molecule has 1 atom stereocenters. The minimum absolute atomic E-state index is 0.0857. The summed E-state index contributed by atoms with van der Waals surface area (Å²) in [7, 11) is 0. The Morgan fingerprint density at radius 2 is 2.32 bits per heavy atom. The number of aromatic hydroxyl groups is 1. The number of phenolic OH excluding ortho intramolecular Hbond substituents is 1. The number of hydrogen-bond acceptors (Lipinski definition) is 6. The molecule has 9 heteroatoms. The molecule has 2 amide bonds. The molecule has 1 aromatic rings. The molecule has 22 heavy (non-hydrogen) atoms. The summed E-state index contributed by atoms with van der Waals surface area (Å²) < 4.78 is 0. The van der Waals surface area contributed by atoms with Gasteiger partial charge in [-0.1, -0.05) is 0 Å². The van der Waals surface area contributed by atoms with Gasteiger partial charge in [0.15, 0.2) is 0 Å². The Labute approximate surface area is 125 Å². The summed E-state index contributed by atoms with van der Waals surface area (Å²) in [6.07, 6.45) is 2.23. The number of hydrogen-bond donors (Lipinski definition) is 3. The lowest BCUT2D eigenvalue weighted by molar-refractivity contribution is -0.384. The summed E-state index contributed by atoms with van der Waals surface area (Å²) >= 11 is 0. The summed E-state index contributed by atoms with van der Waals surface area (Å²) in [5.41, 5.74) is 2.07. The SMILES string of the molecule is O=C1NCCC[C@H]1C(=O)N/N=C\c1cc([N+](=O)[O-])ccc1O. The van der Waals surface area contributed by atoms with Crippen LogP contribution in [-0.2, 0) is 9.59 Å². The average Bonchev–Trinajstić information content (AvgIpc) is 2.49. The molecule has 1 aromatic carbocycles. The van der Waals surface area contributed by atoms with Crippen molar-refractivity contribution in [1.82, 2.24) is 10.7 Å². The number of nitrogens with one attached hydrogen (secondary N) is 2. The summed E-state index contributed by atoms with van der Waals surface area (Å²) in [5.74, 6) is -1.92. The van der Waals surface area contributed by atoms with Crippen LogP contribution in [0, 0.1) is 16.0 Å². The van der Waals surface area contributed by atoms with E-state index >= 15 is 0 Å². The molecule has 116 valence electrons. The summed E-state index contributed by atoms with van der Waals surface area (Å²) in [6, 6.07) is 3.44. The zero-order valence-corrected chi connectivity index (χ0v) is 11.5. The molecule has 0 aliphatic carbocycles. The molecule has 1 saturated heterocycles. The number of nitro benzene ring substituents is 1. The topological polar surface area (TPSA) is 134 Å². The fraction of sp³-hybridized carbons (Fsp3) is 0.308. The molecule has 1 aliphatic heterocycles. The van der Waals surface area contributed by atoms with Crippen LogP contribution < -0.4 is 10.7 Å². The van der Waals surface area contributed by atoms with Crippen molar-refractivity contribution in [3.63, 3.8) is 0 Å². The number of phenols is 1. The van der Waals surface area contributed by atoms with E-state index in [1.807, 2.05) is 0 Å². The van der Waals surface area contributed by atoms with Crippen molar-refractivity contribution in [3.8, 4) is 5.75 Å². The van der Waals surface area contributed by atoms with E-state index in [4.69, 9.17) is 0 Å². The van der Waals surface area contributed by atoms with Gasteiger partial charge in [-0.2, -0.15) is 5.10 Å². The van der Waals surface area contributed by atoms with Crippen LogP contribution in [0.5, 0.6) is 5.75 Å². The third-order valence-electron chi connectivity index (χ3n) is 3.20. The quantitative estimate of drug-likeness (QED) is 0.318. The minimum Gasteiger partial charge on any atom is -0.507 e. The molecule has 1 heterocycles. The van der Waals surface area contributed by atoms with Gasteiger partial charge in [0.05, 0.1) is 11.1 Å². The Hall–Kier alpha value is -2.97. The van der Waals surface area contributed by atoms with Crippen molar-refractivity contribution in [1.29, 1.82) is 0 Å². The number of hydrazone groups is 1. The maximum atomic E-state index is 11.8. The number of benzene rings is 1. The van der Waals surface area contributed by atoms with E-state index in [1.165, 1.54) is 0 Å². The van der Waals surface area contributed by atoms with E-state index in [0.29, 0.717) is 19.4 Å². The maximum Gasteiger partial charge on any atom is 0.270 e. The fourth-order valence-electron chi connectivity index (χ4n) is 2.02. The standard InChI is InChI=1S/C13H14N4O5/c18-11-4-3-9(17(21)22)6-8(11)7-15-16-13(20)10-2-1-5-14-12(10)19/h3-4,6-7,10,18H,1-2,5H2,(H,14,19)(H,16,20)/b15-7-/t10-/m1/s1. The first-order chi connectivity index (χ1) is 10.5. The van der Waals surface area contributed by atoms with E-state index in [9.17, 15) is 24.8 Å². The molecule has 3 N–H and O–H groups in total. The van der Waals surface area contributed by atoms with Crippen molar-refractivity contribution in [2.24, 2.45) is 11.0 Å². The van der Waals surface area contributed by atoms with Gasteiger partial charge in [-0.05, 0) is 18.9 Å². The lowest BCUT2D eigenvalue weighted by Crippen LogP contribution is -2.43. The second kappa shape index (κ2) is 6.66. The molecule has 9 nitrogen and oxygen atoms in total. The monoisotopic (exact) mass is 306 g/mol. The largest absolute Gasteiger partial charge is 0.507 e. The van der Waals surface area contributed by atoms with Gasteiger partial charge in [0.2, 0.25) is 5.91 Å². The lowest BCUT2D eigenvalue weighted by atomic mass is 9.98. The molecule has 2 rings (SSSR count). The first-order valence-corrected chi connectivity index (χ1v) is 6.57. The van der Waals surface area contributed by atoms with Gasteiger partial charge in [-0.3, -0.25) is 19.7 Å². The number of amides is 2. The van der Waals surface area contributed by atoms with Crippen LogP contribution in [-0.4, -0.2) is 34.6 Å². The highest BCUT2D eigenvalue weighted by atomic mass is 16.6. The van der Waals surface area contributed by atoms with Crippen molar-refractivity contribution in [3.05, 3.63) is 33.9 Å². The predicted molar refractivity (Wildman–Crippen MR) is 76.2 cm³/mol. The van der Waals surface area contributed by atoms with Gasteiger partial charge < -0.3 is 10.4 Å². The molecule has 1 aliphatic rings. The number of non-ortho nitro benzene ring substituents is 1. The number of rotatable bonds is 4. The molecule has 0 aromatic heterocycles. The molecule has 0 spiro atoms. The third kappa shape index (κ3) is 3.57. The Bertz CT molecular complexity index is 643. The molecular weight excluding hydrogens is 292 g/mol. The molecule has 0 unspecified atom stereocenters. The first-order valence-electron chi connectivity index (χ1n) is 6.57. The van der Waals surface area contributed by atoms with E-state index in [2.05, 4.69) is 15.8 Å². The van der Waals surface area contributed by atoms with Crippen LogP contribution in [0.2, 0.25) is 0 Å². The van der Waals surface area contributed by atoms with Crippen LogP contribution in [0.4, 0.5) is 5.69 Å². The highest BCUT2D eigenvalue weighted by molar-refractivity contribution is 6.01. The zero-order chi connectivity index (χ0) is 16.1. The van der Waals surface area contributed by atoms with Gasteiger partial charge >= 0.3 is 0 Å². The van der Waals surface area contributed by atoms with Gasteiger partial charge in [0, 0.05) is 24.2 Å². The molecule has 0 bridgehead atoms. The van der Waals surface area contributed by atoms with Crippen LogP contribution in [0.3, 0.4) is 0 Å². The van der Waals surface area contributed by atoms with E-state index in [0.717, 1.165) is 24.4 Å². The highest BCUT2D eigenvalue weighted by Crippen LogP contribution is 2.21. The smallest absolute Gasteiger partial charge is 0.270 e. The number of carbonyl (C=O) groups excluding carboxylic acids is 2. The second-order valence-corrected chi connectivity index (χ2v) is 4.72. The first kappa shape index (κ1) is 15.4. The minimum atomic E-state index is -0.801. The number of piperidine rings is 1. The van der Waals surface area contributed by atoms with Gasteiger partial charge in [-0.15, -0.1) is 0 Å². The summed E-state index contributed by atoms with van der Waals surface area (Å²) in [6.45, 7) is 0.549. The zero-order valence-electron chi connectivity index (χ0n) is 11.5. The Kier molecular flexibility index (Phi) is 4.66. The van der Waals surface area contributed by atoms with Crippen molar-refractivity contribution >= 4 is 23.7 Å². The van der Waals surface area contributed by atoms with Crippen molar-refractivity contribution < 1.29 is 19.6 Å². The van der Waals surface area contributed by atoms with Gasteiger partial charge in [-0.25, -0.2) is 5.43 Å². The number of nitro groups is 1. The predicted octanol–water partition coefficient (Wildman–Crippen LogP) is 0.277. The van der Waals surface area contributed by atoms with E-state index < -0.39 is 16.7 Å². The van der Waals surface area contributed by atoms with Crippen molar-refractivity contribution in [2.75, 3.05) is 6.54 Å². The Balaban J connectivity index is 2.03. The molecule has 0 radical (unpaired) electrons. The Morgan fingerprint density at radius 1 is 1.55 bits per heavy atom. The van der Waals surface area contributed by atoms with E-state index in [1.54, 1.807) is 0 Å². The Morgan fingerprint density at radius 3 is 3.00 bits per heavy atom. The van der Waals surface area contributed by atoms with E-state index in [-0.39, 0.29) is 22.9 Å². The summed E-state index contributed by atoms with van der Waals surface area (Å²) in [5, 5.41) is 26.4. The molecular formula is C13H14N4O5. The van der Waals surface area contributed by atoms with Gasteiger partial charge in [0.25, 0.3) is 11.6 Å². The molecule has 1 fully saturated rings. The summed E-state index contributed by atoms with van der Waals surface area (Å²) in [4.78, 5) is 33.4. The van der Waals surface area contributed by atoms with Crippen LogP contribution >= 0.6 is 0 Å². The third-order valence-corrected chi connectivity index (χ3v) is 3.20. The van der Waals surface area contributed by atoms with Crippen molar-refractivity contribution in [2.45, 2.75) is 12.8 Å². The highest BCUT2D eigenvalue weighted by Gasteiger charge is 2.28.